The fourth-order valence-corrected chi connectivity index (χ4v) is 9.68. The molecule has 0 amide bonds. The van der Waals surface area contributed by atoms with Crippen LogP contribution in [0, 0.1) is 52.3 Å². The lowest BCUT2D eigenvalue weighted by Crippen LogP contribution is -2.67. The number of aliphatic hydroxyl groups is 2. The van der Waals surface area contributed by atoms with Crippen LogP contribution in [0.4, 0.5) is 0 Å². The van der Waals surface area contributed by atoms with Gasteiger partial charge in [-0.1, -0.05) is 54.4 Å². The summed E-state index contributed by atoms with van der Waals surface area (Å²) in [6.45, 7) is 14.3. The Balaban J connectivity index is 1.52. The highest BCUT2D eigenvalue weighted by Crippen LogP contribution is 2.68. The number of carbonyl (C=O) groups is 1. The van der Waals surface area contributed by atoms with Gasteiger partial charge in [-0.2, -0.15) is 0 Å². The van der Waals surface area contributed by atoms with E-state index in [0.29, 0.717) is 29.6 Å². The van der Waals surface area contributed by atoms with Gasteiger partial charge in [-0.05, 0) is 91.8 Å². The average Bonchev–Trinajstić information content (AvgIpc) is 3.08. The molecule has 0 radical (unpaired) electrons. The van der Waals surface area contributed by atoms with Crippen molar-refractivity contribution in [2.75, 3.05) is 0 Å². The molecule has 3 unspecified atom stereocenters. The molecule has 4 rings (SSSR count). The summed E-state index contributed by atoms with van der Waals surface area (Å²) in [5, 5.41) is 21.8. The number of hydrogen-bond acceptors (Lipinski definition) is 3. The Kier molecular flexibility index (Phi) is 6.69. The molecule has 3 heteroatoms. The predicted octanol–water partition coefficient (Wildman–Crippen LogP) is 6.40. The molecule has 0 aromatic rings. The molecule has 0 saturated heterocycles. The molecule has 184 valence electrons. The topological polar surface area (TPSA) is 57.5 Å². The summed E-state index contributed by atoms with van der Waals surface area (Å²) in [5.74, 6) is 4.65. The SMILES string of the molecule is CCC(CC[C@@H](C)[C@H]1CC[C@H]2C3CC(=O)[C@@]4(O)CC(O)CC[C@]4(C)[C@H]3CC[C@]12C)C(C)C. The Morgan fingerprint density at radius 3 is 2.38 bits per heavy atom. The van der Waals surface area contributed by atoms with Gasteiger partial charge in [-0.15, -0.1) is 0 Å². The minimum absolute atomic E-state index is 0.0310. The molecule has 0 spiro atoms. The van der Waals surface area contributed by atoms with E-state index in [9.17, 15) is 15.0 Å². The Morgan fingerprint density at radius 1 is 1.00 bits per heavy atom. The van der Waals surface area contributed by atoms with Crippen LogP contribution in [0.5, 0.6) is 0 Å². The highest BCUT2D eigenvalue weighted by molar-refractivity contribution is 5.89. The molecular formula is C29H50O3. The maximum Gasteiger partial charge on any atom is 0.165 e. The van der Waals surface area contributed by atoms with E-state index in [0.717, 1.165) is 42.9 Å². The van der Waals surface area contributed by atoms with Crippen LogP contribution in [0.3, 0.4) is 0 Å². The Morgan fingerprint density at radius 2 is 1.72 bits per heavy atom. The number of fused-ring (bicyclic) bond motifs is 5. The van der Waals surface area contributed by atoms with E-state index in [-0.39, 0.29) is 17.6 Å². The van der Waals surface area contributed by atoms with Gasteiger partial charge in [-0.25, -0.2) is 0 Å². The number of carbonyl (C=O) groups excluding carboxylic acids is 1. The Bertz CT molecular complexity index is 703. The van der Waals surface area contributed by atoms with Gasteiger partial charge in [0, 0.05) is 18.3 Å². The third kappa shape index (κ3) is 3.63. The zero-order valence-corrected chi connectivity index (χ0v) is 21.7. The fraction of sp³-hybridized carbons (Fsp3) is 0.966. The molecule has 4 saturated carbocycles. The quantitative estimate of drug-likeness (QED) is 0.496. The molecule has 4 aliphatic rings. The molecule has 4 aliphatic carbocycles. The molecule has 0 heterocycles. The Hall–Kier alpha value is -0.410. The standard InChI is InChI=1S/C29H50O3/c1-7-20(18(2)3)9-8-19(4)23-10-11-24-22-16-26(31)29(32)17-21(30)12-15-28(29,6)25(22)13-14-27(23,24)5/h18-25,30,32H,7-17H2,1-6H3/t19-,20?,21?,22?,23-,24+,25+,27-,28-,29+/m1/s1. The third-order valence-electron chi connectivity index (χ3n) is 11.8. The molecule has 10 atom stereocenters. The lowest BCUT2D eigenvalue weighted by molar-refractivity contribution is -0.213. The van der Waals surface area contributed by atoms with Crippen LogP contribution in [0.15, 0.2) is 0 Å². The highest BCUT2D eigenvalue weighted by atomic mass is 16.3. The number of aliphatic hydroxyl groups excluding tert-OH is 1. The number of rotatable bonds is 6. The van der Waals surface area contributed by atoms with Crippen molar-refractivity contribution in [3.05, 3.63) is 0 Å². The van der Waals surface area contributed by atoms with Gasteiger partial charge < -0.3 is 10.2 Å². The number of Topliss-reactive ketones (excluding diaryl/α,β-unsaturated/α-hetero) is 1. The highest BCUT2D eigenvalue weighted by Gasteiger charge is 2.67. The van der Waals surface area contributed by atoms with Crippen molar-refractivity contribution in [2.24, 2.45) is 52.3 Å². The molecule has 2 N–H and O–H groups in total. The molecule has 32 heavy (non-hydrogen) atoms. The van der Waals surface area contributed by atoms with Crippen LogP contribution in [-0.4, -0.2) is 27.7 Å². The summed E-state index contributed by atoms with van der Waals surface area (Å²) in [7, 11) is 0. The monoisotopic (exact) mass is 446 g/mol. The first kappa shape index (κ1) is 24.7. The summed E-state index contributed by atoms with van der Waals surface area (Å²) < 4.78 is 0. The van der Waals surface area contributed by atoms with Crippen molar-refractivity contribution in [1.29, 1.82) is 0 Å². The van der Waals surface area contributed by atoms with Crippen molar-refractivity contribution in [2.45, 2.75) is 124 Å². The van der Waals surface area contributed by atoms with Crippen molar-refractivity contribution in [3.8, 4) is 0 Å². The predicted molar refractivity (Wildman–Crippen MR) is 130 cm³/mol. The second-order valence-electron chi connectivity index (χ2n) is 13.4. The molecule has 0 aliphatic heterocycles. The first-order chi connectivity index (χ1) is 15.0. The van der Waals surface area contributed by atoms with Gasteiger partial charge in [0.25, 0.3) is 0 Å². The maximum absolute atomic E-state index is 13.4. The largest absolute Gasteiger partial charge is 0.393 e. The minimum atomic E-state index is -1.31. The van der Waals surface area contributed by atoms with Gasteiger partial charge in [0.1, 0.15) is 5.60 Å². The van der Waals surface area contributed by atoms with Crippen LogP contribution in [0.2, 0.25) is 0 Å². The summed E-state index contributed by atoms with van der Waals surface area (Å²) in [6, 6.07) is 0. The van der Waals surface area contributed by atoms with Crippen molar-refractivity contribution in [1.82, 2.24) is 0 Å². The van der Waals surface area contributed by atoms with E-state index in [1.165, 1.54) is 38.5 Å². The maximum atomic E-state index is 13.4. The van der Waals surface area contributed by atoms with Crippen LogP contribution < -0.4 is 0 Å². The van der Waals surface area contributed by atoms with E-state index in [4.69, 9.17) is 0 Å². The third-order valence-corrected chi connectivity index (χ3v) is 11.8. The van der Waals surface area contributed by atoms with Crippen molar-refractivity contribution in [3.63, 3.8) is 0 Å². The molecule has 0 bridgehead atoms. The number of ketones is 1. The van der Waals surface area contributed by atoms with Crippen LogP contribution >= 0.6 is 0 Å². The summed E-state index contributed by atoms with van der Waals surface area (Å²) >= 11 is 0. The zero-order valence-electron chi connectivity index (χ0n) is 21.7. The molecule has 3 nitrogen and oxygen atoms in total. The van der Waals surface area contributed by atoms with Gasteiger partial charge in [0.15, 0.2) is 5.78 Å². The van der Waals surface area contributed by atoms with Crippen molar-refractivity contribution >= 4 is 5.78 Å². The fourth-order valence-electron chi connectivity index (χ4n) is 9.68. The van der Waals surface area contributed by atoms with Gasteiger partial charge in [-0.3, -0.25) is 4.79 Å². The Labute approximate surface area is 197 Å². The first-order valence-corrected chi connectivity index (χ1v) is 13.9. The second kappa shape index (κ2) is 8.67. The van der Waals surface area contributed by atoms with Gasteiger partial charge in [0.05, 0.1) is 6.10 Å². The van der Waals surface area contributed by atoms with Gasteiger partial charge in [0.2, 0.25) is 0 Å². The normalized spacial score (nSPS) is 48.2. The molecule has 4 fully saturated rings. The van der Waals surface area contributed by atoms with E-state index in [2.05, 4.69) is 41.5 Å². The summed E-state index contributed by atoms with van der Waals surface area (Å²) in [5.41, 5.74) is -1.32. The minimum Gasteiger partial charge on any atom is -0.393 e. The van der Waals surface area contributed by atoms with E-state index < -0.39 is 11.7 Å². The lowest BCUT2D eigenvalue weighted by Gasteiger charge is -2.63. The van der Waals surface area contributed by atoms with E-state index >= 15 is 0 Å². The van der Waals surface area contributed by atoms with Crippen LogP contribution in [-0.2, 0) is 4.79 Å². The lowest BCUT2D eigenvalue weighted by atomic mass is 9.42. The van der Waals surface area contributed by atoms with Crippen LogP contribution in [0.1, 0.15) is 112 Å². The van der Waals surface area contributed by atoms with E-state index in [1.807, 2.05) is 0 Å². The second-order valence-corrected chi connectivity index (χ2v) is 13.4. The summed E-state index contributed by atoms with van der Waals surface area (Å²) in [4.78, 5) is 13.4. The zero-order chi connectivity index (χ0) is 23.5. The first-order valence-electron chi connectivity index (χ1n) is 13.9. The molecule has 0 aromatic heterocycles. The van der Waals surface area contributed by atoms with Crippen molar-refractivity contribution < 1.29 is 15.0 Å². The number of hydrogen-bond donors (Lipinski definition) is 2. The average molecular weight is 447 g/mol. The van der Waals surface area contributed by atoms with Crippen LogP contribution in [0.25, 0.3) is 0 Å². The van der Waals surface area contributed by atoms with E-state index in [1.54, 1.807) is 0 Å². The van der Waals surface area contributed by atoms with Gasteiger partial charge >= 0.3 is 0 Å². The smallest absolute Gasteiger partial charge is 0.165 e. The summed E-state index contributed by atoms with van der Waals surface area (Å²) in [6.07, 6.45) is 10.7. The molecular weight excluding hydrogens is 396 g/mol. The molecule has 0 aromatic carbocycles.